The summed E-state index contributed by atoms with van der Waals surface area (Å²) < 4.78 is 27.1. The molecule has 0 saturated heterocycles. The lowest BCUT2D eigenvalue weighted by atomic mass is 10.1. The van der Waals surface area contributed by atoms with E-state index in [0.29, 0.717) is 5.56 Å². The summed E-state index contributed by atoms with van der Waals surface area (Å²) in [6.07, 6.45) is 0. The lowest BCUT2D eigenvalue weighted by Crippen LogP contribution is -2.12. The van der Waals surface area contributed by atoms with E-state index in [-0.39, 0.29) is 27.6 Å². The van der Waals surface area contributed by atoms with Gasteiger partial charge >= 0.3 is 0 Å². The molecule has 0 unspecified atom stereocenters. The van der Waals surface area contributed by atoms with Crippen LogP contribution in [0.2, 0.25) is 0 Å². The number of halogens is 2. The van der Waals surface area contributed by atoms with E-state index in [4.69, 9.17) is 0 Å². The van der Waals surface area contributed by atoms with Gasteiger partial charge < -0.3 is 0 Å². The van der Waals surface area contributed by atoms with Gasteiger partial charge in [-0.2, -0.15) is 0 Å². The number of amides is 1. The minimum atomic E-state index is -0.635. The minimum absolute atomic E-state index is 0.0206. The van der Waals surface area contributed by atoms with E-state index in [1.807, 2.05) is 0 Å². The van der Waals surface area contributed by atoms with Gasteiger partial charge in [-0.15, -0.1) is 11.3 Å². The fraction of sp³-hybridized carbons (Fsp3) is 0.0588. The molecule has 6 nitrogen and oxygen atoms in total. The number of nitrogens with zero attached hydrogens (tertiary/aromatic N) is 2. The number of anilines is 1. The van der Waals surface area contributed by atoms with Gasteiger partial charge in [0.2, 0.25) is 0 Å². The average Bonchev–Trinajstić information content (AvgIpc) is 3.05. The molecule has 132 valence electrons. The normalized spacial score (nSPS) is 10.6. The SMILES string of the molecule is Cc1ccc(C(=O)Nc2nc(-c3cc(F)ccc3F)cs2)cc1[N+](=O)[O-]. The molecular weight excluding hydrogens is 364 g/mol. The van der Waals surface area contributed by atoms with Crippen LogP contribution >= 0.6 is 11.3 Å². The van der Waals surface area contributed by atoms with E-state index in [9.17, 15) is 23.7 Å². The van der Waals surface area contributed by atoms with Crippen LogP contribution in [-0.2, 0) is 0 Å². The molecule has 1 aromatic heterocycles. The summed E-state index contributed by atoms with van der Waals surface area (Å²) in [6, 6.07) is 7.11. The molecule has 0 radical (unpaired) electrons. The molecule has 3 rings (SSSR count). The Hall–Kier alpha value is -3.20. The summed E-state index contributed by atoms with van der Waals surface area (Å²) in [6.45, 7) is 1.57. The van der Waals surface area contributed by atoms with Crippen molar-refractivity contribution in [3.05, 3.63) is 74.7 Å². The van der Waals surface area contributed by atoms with Crippen molar-refractivity contribution in [2.45, 2.75) is 6.92 Å². The smallest absolute Gasteiger partial charge is 0.273 e. The summed E-state index contributed by atoms with van der Waals surface area (Å²) in [5, 5.41) is 15.1. The predicted octanol–water partition coefficient (Wildman–Crippen LogP) is 4.56. The number of hydrogen-bond acceptors (Lipinski definition) is 5. The van der Waals surface area contributed by atoms with Crippen LogP contribution in [0.5, 0.6) is 0 Å². The highest BCUT2D eigenvalue weighted by atomic mass is 32.1. The van der Waals surface area contributed by atoms with Crippen LogP contribution in [0.3, 0.4) is 0 Å². The molecule has 1 amide bonds. The topological polar surface area (TPSA) is 85.1 Å². The Morgan fingerprint density at radius 1 is 1.23 bits per heavy atom. The molecule has 3 aromatic rings. The van der Waals surface area contributed by atoms with Gasteiger partial charge in [0, 0.05) is 28.1 Å². The number of aryl methyl sites for hydroxylation is 1. The second kappa shape index (κ2) is 6.96. The van der Waals surface area contributed by atoms with Crippen molar-refractivity contribution >= 4 is 28.1 Å². The molecule has 0 bridgehead atoms. The zero-order valence-electron chi connectivity index (χ0n) is 13.3. The second-order valence-electron chi connectivity index (χ2n) is 5.37. The van der Waals surface area contributed by atoms with Crippen LogP contribution in [0.25, 0.3) is 11.3 Å². The molecule has 2 aromatic carbocycles. The van der Waals surface area contributed by atoms with Gasteiger partial charge in [-0.3, -0.25) is 20.2 Å². The van der Waals surface area contributed by atoms with Crippen LogP contribution in [0.1, 0.15) is 15.9 Å². The quantitative estimate of drug-likeness (QED) is 0.535. The first kappa shape index (κ1) is 17.6. The number of carbonyl (C=O) groups is 1. The van der Waals surface area contributed by atoms with Crippen LogP contribution < -0.4 is 5.32 Å². The first-order valence-electron chi connectivity index (χ1n) is 7.32. The first-order chi connectivity index (χ1) is 12.3. The van der Waals surface area contributed by atoms with E-state index in [1.54, 1.807) is 6.92 Å². The van der Waals surface area contributed by atoms with Crippen molar-refractivity contribution in [1.82, 2.24) is 4.98 Å². The zero-order chi connectivity index (χ0) is 18.8. The number of benzene rings is 2. The molecule has 0 aliphatic heterocycles. The number of carbonyl (C=O) groups excluding carboxylic acids is 1. The predicted molar refractivity (Wildman–Crippen MR) is 93.3 cm³/mol. The number of nitrogens with one attached hydrogen (secondary N) is 1. The molecule has 1 N–H and O–H groups in total. The molecule has 0 aliphatic carbocycles. The fourth-order valence-electron chi connectivity index (χ4n) is 2.27. The maximum absolute atomic E-state index is 13.8. The third-order valence-corrected chi connectivity index (χ3v) is 4.35. The monoisotopic (exact) mass is 375 g/mol. The van der Waals surface area contributed by atoms with Gasteiger partial charge in [-0.25, -0.2) is 13.8 Å². The third-order valence-electron chi connectivity index (χ3n) is 3.60. The molecule has 0 spiro atoms. The Balaban J connectivity index is 1.83. The number of nitro groups is 1. The van der Waals surface area contributed by atoms with Crippen molar-refractivity contribution in [1.29, 1.82) is 0 Å². The Bertz CT molecular complexity index is 1020. The van der Waals surface area contributed by atoms with E-state index >= 15 is 0 Å². The maximum atomic E-state index is 13.8. The summed E-state index contributed by atoms with van der Waals surface area (Å²) in [7, 11) is 0. The van der Waals surface area contributed by atoms with Gasteiger partial charge in [0.15, 0.2) is 5.13 Å². The van der Waals surface area contributed by atoms with Crippen molar-refractivity contribution in [2.75, 3.05) is 5.32 Å². The van der Waals surface area contributed by atoms with Crippen molar-refractivity contribution < 1.29 is 18.5 Å². The molecule has 0 atom stereocenters. The molecular formula is C17H11F2N3O3S. The number of rotatable bonds is 4. The minimum Gasteiger partial charge on any atom is -0.298 e. The summed E-state index contributed by atoms with van der Waals surface area (Å²) in [5.74, 6) is -1.83. The largest absolute Gasteiger partial charge is 0.298 e. The zero-order valence-corrected chi connectivity index (χ0v) is 14.1. The highest BCUT2D eigenvalue weighted by molar-refractivity contribution is 7.14. The number of thiazole rings is 1. The van der Waals surface area contributed by atoms with Gasteiger partial charge in [0.05, 0.1) is 10.6 Å². The number of nitro benzene ring substituents is 1. The van der Waals surface area contributed by atoms with Crippen molar-refractivity contribution in [3.63, 3.8) is 0 Å². The Labute approximate surface area is 150 Å². The van der Waals surface area contributed by atoms with Gasteiger partial charge in [-0.05, 0) is 31.2 Å². The first-order valence-corrected chi connectivity index (χ1v) is 8.20. The van der Waals surface area contributed by atoms with E-state index in [0.717, 1.165) is 29.5 Å². The summed E-state index contributed by atoms with van der Waals surface area (Å²) in [5.41, 5.74) is 0.518. The Morgan fingerprint density at radius 3 is 2.73 bits per heavy atom. The standard InChI is InChI=1S/C17H11F2N3O3S/c1-9-2-3-10(6-15(9)22(24)25)16(23)21-17-20-14(8-26-17)12-7-11(18)4-5-13(12)19/h2-8H,1H3,(H,20,21,23). The van der Waals surface area contributed by atoms with E-state index < -0.39 is 22.5 Å². The lowest BCUT2D eigenvalue weighted by Gasteiger charge is -2.03. The molecule has 0 saturated carbocycles. The summed E-state index contributed by atoms with van der Waals surface area (Å²) >= 11 is 1.03. The molecule has 0 fully saturated rings. The van der Waals surface area contributed by atoms with Gasteiger partial charge in [-0.1, -0.05) is 6.07 Å². The molecule has 26 heavy (non-hydrogen) atoms. The van der Waals surface area contributed by atoms with E-state index in [2.05, 4.69) is 10.3 Å². The lowest BCUT2D eigenvalue weighted by molar-refractivity contribution is -0.385. The third kappa shape index (κ3) is 3.57. The maximum Gasteiger partial charge on any atom is 0.273 e. The van der Waals surface area contributed by atoms with Crippen LogP contribution in [0.4, 0.5) is 19.6 Å². The van der Waals surface area contributed by atoms with Crippen molar-refractivity contribution in [3.8, 4) is 11.3 Å². The Morgan fingerprint density at radius 2 is 2.00 bits per heavy atom. The van der Waals surface area contributed by atoms with Crippen LogP contribution in [0, 0.1) is 28.7 Å². The number of aromatic nitrogens is 1. The molecule has 1 heterocycles. The fourth-order valence-corrected chi connectivity index (χ4v) is 2.97. The van der Waals surface area contributed by atoms with Crippen LogP contribution in [-0.4, -0.2) is 15.8 Å². The average molecular weight is 375 g/mol. The Kier molecular flexibility index (Phi) is 4.72. The highest BCUT2D eigenvalue weighted by Crippen LogP contribution is 2.28. The van der Waals surface area contributed by atoms with Crippen molar-refractivity contribution in [2.24, 2.45) is 0 Å². The van der Waals surface area contributed by atoms with E-state index in [1.165, 1.54) is 23.6 Å². The molecule has 9 heteroatoms. The number of hydrogen-bond donors (Lipinski definition) is 1. The molecule has 0 aliphatic rings. The van der Waals surface area contributed by atoms with Gasteiger partial charge in [0.1, 0.15) is 11.6 Å². The highest BCUT2D eigenvalue weighted by Gasteiger charge is 2.17. The van der Waals surface area contributed by atoms with Gasteiger partial charge in [0.25, 0.3) is 11.6 Å². The summed E-state index contributed by atoms with van der Waals surface area (Å²) in [4.78, 5) is 26.7. The van der Waals surface area contributed by atoms with Crippen LogP contribution in [0.15, 0.2) is 41.8 Å². The second-order valence-corrected chi connectivity index (χ2v) is 6.23.